The lowest BCUT2D eigenvalue weighted by Crippen LogP contribution is -2.40. The highest BCUT2D eigenvalue weighted by atomic mass is 32.1. The van der Waals surface area contributed by atoms with Crippen molar-refractivity contribution in [1.82, 2.24) is 4.57 Å². The molecule has 12 nitrogen and oxygen atoms in total. The van der Waals surface area contributed by atoms with Crippen molar-refractivity contribution < 1.29 is 33.4 Å². The first-order valence-corrected chi connectivity index (χ1v) is 16.7. The number of benzene rings is 3. The number of nitro groups is 1. The number of carbonyl (C=O) groups is 1. The Labute approximate surface area is 286 Å². The smallest absolute Gasteiger partial charge is 0.338 e. The summed E-state index contributed by atoms with van der Waals surface area (Å²) in [4.78, 5) is 43.1. The Balaban J connectivity index is 1.55. The molecule has 0 unspecified atom stereocenters. The van der Waals surface area contributed by atoms with E-state index in [1.807, 2.05) is 26.8 Å². The molecule has 0 N–H and O–H groups in total. The van der Waals surface area contributed by atoms with Crippen LogP contribution < -0.4 is 33.8 Å². The third-order valence-corrected chi connectivity index (χ3v) is 8.49. The highest BCUT2D eigenvalue weighted by Gasteiger charge is 2.34. The first kappa shape index (κ1) is 34.9. The Kier molecular flexibility index (Phi) is 11.1. The molecular weight excluding hydrogens is 650 g/mol. The van der Waals surface area contributed by atoms with E-state index in [0.29, 0.717) is 69.0 Å². The van der Waals surface area contributed by atoms with Crippen LogP contribution in [0.2, 0.25) is 0 Å². The third-order valence-electron chi connectivity index (χ3n) is 7.51. The maximum Gasteiger partial charge on any atom is 0.338 e. The van der Waals surface area contributed by atoms with Crippen molar-refractivity contribution in [2.45, 2.75) is 47.3 Å². The fourth-order valence-corrected chi connectivity index (χ4v) is 6.42. The van der Waals surface area contributed by atoms with Crippen molar-refractivity contribution in [2.75, 3.05) is 26.4 Å². The molecule has 2 heterocycles. The van der Waals surface area contributed by atoms with E-state index in [1.165, 1.54) is 28.0 Å². The fourth-order valence-electron chi connectivity index (χ4n) is 5.37. The van der Waals surface area contributed by atoms with Gasteiger partial charge in [0.05, 0.1) is 53.2 Å². The second-order valence-corrected chi connectivity index (χ2v) is 11.7. The number of aromatic nitrogens is 1. The van der Waals surface area contributed by atoms with Crippen molar-refractivity contribution in [3.8, 4) is 23.0 Å². The lowest BCUT2D eigenvalue weighted by atomic mass is 9.95. The summed E-state index contributed by atoms with van der Waals surface area (Å²) in [5, 5.41) is 11.0. The van der Waals surface area contributed by atoms with Gasteiger partial charge >= 0.3 is 5.97 Å². The molecular formula is C36H37N3O9S. The monoisotopic (exact) mass is 687 g/mol. The summed E-state index contributed by atoms with van der Waals surface area (Å²) in [6, 6.07) is 16.0. The van der Waals surface area contributed by atoms with E-state index in [2.05, 4.69) is 4.99 Å². The third kappa shape index (κ3) is 7.67. The van der Waals surface area contributed by atoms with Crippen LogP contribution in [0, 0.1) is 10.1 Å². The van der Waals surface area contributed by atoms with Gasteiger partial charge in [-0.3, -0.25) is 19.5 Å². The Morgan fingerprint density at radius 1 is 0.878 bits per heavy atom. The van der Waals surface area contributed by atoms with Gasteiger partial charge in [-0.2, -0.15) is 0 Å². The van der Waals surface area contributed by atoms with Crippen LogP contribution in [0.1, 0.15) is 57.4 Å². The van der Waals surface area contributed by atoms with E-state index in [4.69, 9.17) is 23.7 Å². The summed E-state index contributed by atoms with van der Waals surface area (Å²) < 4.78 is 30.8. The molecule has 0 saturated heterocycles. The topological polar surface area (TPSA) is 141 Å². The molecule has 1 atom stereocenters. The van der Waals surface area contributed by atoms with E-state index >= 15 is 0 Å². The number of non-ortho nitro benzene ring substituents is 1. The molecule has 13 heteroatoms. The van der Waals surface area contributed by atoms with Crippen molar-refractivity contribution in [3.63, 3.8) is 0 Å². The highest BCUT2D eigenvalue weighted by Crippen LogP contribution is 2.36. The predicted octanol–water partition coefficient (Wildman–Crippen LogP) is 5.48. The number of fused-ring (bicyclic) bond motifs is 1. The quantitative estimate of drug-likeness (QED) is 0.0957. The van der Waals surface area contributed by atoms with Crippen LogP contribution >= 0.6 is 11.3 Å². The van der Waals surface area contributed by atoms with Crippen LogP contribution in [-0.2, 0) is 16.1 Å². The molecule has 3 aromatic carbocycles. The Morgan fingerprint density at radius 2 is 1.51 bits per heavy atom. The zero-order chi connectivity index (χ0) is 35.1. The average Bonchev–Trinajstić information content (AvgIpc) is 3.38. The number of rotatable bonds is 14. The van der Waals surface area contributed by atoms with Crippen LogP contribution in [0.25, 0.3) is 6.08 Å². The molecule has 5 rings (SSSR count). The van der Waals surface area contributed by atoms with Crippen molar-refractivity contribution in [3.05, 3.63) is 118 Å². The summed E-state index contributed by atoms with van der Waals surface area (Å²) in [5.41, 5.74) is 2.48. The van der Waals surface area contributed by atoms with Crippen LogP contribution in [-0.4, -0.2) is 41.9 Å². The fraction of sp³-hybridized carbons (Fsp3) is 0.306. The number of nitrogens with zero attached hydrogens (tertiary/aromatic N) is 3. The van der Waals surface area contributed by atoms with Crippen LogP contribution in [0.5, 0.6) is 23.0 Å². The molecule has 256 valence electrons. The SMILES string of the molecule is CCOC(=O)C1=C(C)N=c2s/c(=C\c3ccc(OCc4ccc([N+](=O)[O-])cc4)c(OCC)c3)c(=O)n2[C@H]1c1ccc(OCC)c(OCC)c1. The summed E-state index contributed by atoms with van der Waals surface area (Å²) in [6.45, 7) is 10.6. The zero-order valence-electron chi connectivity index (χ0n) is 27.9. The Hall–Kier alpha value is -5.43. The molecule has 1 aliphatic heterocycles. The maximum atomic E-state index is 14.2. The van der Waals surface area contributed by atoms with Crippen molar-refractivity contribution in [2.24, 2.45) is 4.99 Å². The van der Waals surface area contributed by atoms with Crippen LogP contribution in [0.3, 0.4) is 0 Å². The number of ether oxygens (including phenoxy) is 5. The van der Waals surface area contributed by atoms with Gasteiger partial charge in [-0.25, -0.2) is 9.79 Å². The normalized spacial score (nSPS) is 14.1. The number of carbonyl (C=O) groups excluding carboxylic acids is 1. The maximum absolute atomic E-state index is 14.2. The minimum Gasteiger partial charge on any atom is -0.490 e. The molecule has 0 saturated carbocycles. The molecule has 4 aromatic rings. The van der Waals surface area contributed by atoms with Gasteiger partial charge in [-0.15, -0.1) is 0 Å². The number of thiazole rings is 1. The average molecular weight is 688 g/mol. The van der Waals surface area contributed by atoms with Gasteiger partial charge in [0, 0.05) is 12.1 Å². The molecule has 0 aliphatic carbocycles. The van der Waals surface area contributed by atoms with Gasteiger partial charge < -0.3 is 23.7 Å². The van der Waals surface area contributed by atoms with Gasteiger partial charge in [0.25, 0.3) is 11.2 Å². The summed E-state index contributed by atoms with van der Waals surface area (Å²) >= 11 is 1.21. The predicted molar refractivity (Wildman–Crippen MR) is 184 cm³/mol. The van der Waals surface area contributed by atoms with Gasteiger partial charge in [0.15, 0.2) is 27.8 Å². The van der Waals surface area contributed by atoms with Crippen LogP contribution in [0.4, 0.5) is 5.69 Å². The van der Waals surface area contributed by atoms with Gasteiger partial charge in [0.2, 0.25) is 0 Å². The van der Waals surface area contributed by atoms with Crippen molar-refractivity contribution >= 4 is 29.1 Å². The first-order valence-electron chi connectivity index (χ1n) is 15.9. The minimum atomic E-state index is -0.818. The van der Waals surface area contributed by atoms with E-state index < -0.39 is 16.9 Å². The molecule has 0 spiro atoms. The van der Waals surface area contributed by atoms with E-state index in [0.717, 1.165) is 5.56 Å². The van der Waals surface area contributed by atoms with E-state index in [-0.39, 0.29) is 30.0 Å². The zero-order valence-corrected chi connectivity index (χ0v) is 28.7. The lowest BCUT2D eigenvalue weighted by molar-refractivity contribution is -0.384. The minimum absolute atomic E-state index is 0.00160. The number of nitro benzene ring substituents is 1. The molecule has 0 radical (unpaired) electrons. The summed E-state index contributed by atoms with van der Waals surface area (Å²) in [5.74, 6) is 1.46. The molecule has 1 aromatic heterocycles. The standard InChI is InChI=1S/C36H37N3O9S/c1-6-44-27-17-13-25(20-30(27)46-8-3)33-32(35(41)47-9-4)22(5)37-36-38(33)34(40)31(49-36)19-24-12-16-28(29(18-24)45-7-2)48-21-23-10-14-26(15-11-23)39(42)43/h10-20,33H,6-9,21H2,1-5H3/b31-19-/t33-/m0/s1. The number of hydrogen-bond donors (Lipinski definition) is 0. The van der Waals surface area contributed by atoms with Gasteiger partial charge in [-0.1, -0.05) is 23.5 Å². The second-order valence-electron chi connectivity index (χ2n) is 10.7. The largest absolute Gasteiger partial charge is 0.490 e. The molecule has 49 heavy (non-hydrogen) atoms. The molecule has 0 amide bonds. The molecule has 0 fully saturated rings. The lowest BCUT2D eigenvalue weighted by Gasteiger charge is -2.25. The molecule has 0 bridgehead atoms. The number of allylic oxidation sites excluding steroid dienone is 1. The first-order chi connectivity index (χ1) is 23.7. The Morgan fingerprint density at radius 3 is 2.16 bits per heavy atom. The van der Waals surface area contributed by atoms with Gasteiger partial charge in [0.1, 0.15) is 6.61 Å². The second kappa shape index (κ2) is 15.6. The number of esters is 1. The highest BCUT2D eigenvalue weighted by molar-refractivity contribution is 7.07. The summed E-state index contributed by atoms with van der Waals surface area (Å²) in [6.07, 6.45) is 1.75. The van der Waals surface area contributed by atoms with Crippen molar-refractivity contribution in [1.29, 1.82) is 0 Å². The Bertz CT molecular complexity index is 2070. The van der Waals surface area contributed by atoms with E-state index in [1.54, 1.807) is 62.4 Å². The van der Waals surface area contributed by atoms with Crippen LogP contribution in [0.15, 0.2) is 81.7 Å². The number of hydrogen-bond acceptors (Lipinski definition) is 11. The van der Waals surface area contributed by atoms with Gasteiger partial charge in [-0.05, 0) is 93.8 Å². The molecule has 1 aliphatic rings. The summed E-state index contributed by atoms with van der Waals surface area (Å²) in [7, 11) is 0. The van der Waals surface area contributed by atoms with E-state index in [9.17, 15) is 19.7 Å².